The number of nitrogens with zero attached hydrogens (tertiary/aromatic N) is 1. The molecule has 0 radical (unpaired) electrons. The molecule has 10 rings (SSSR count). The third-order valence-corrected chi connectivity index (χ3v) is 11.5. The summed E-state index contributed by atoms with van der Waals surface area (Å²) >= 11 is 0. The molecule has 0 spiro atoms. The summed E-state index contributed by atoms with van der Waals surface area (Å²) in [5.74, 6) is 0. The average molecular weight is 644 g/mol. The minimum absolute atomic E-state index is 0.0500. The molecule has 240 valence electrons. The van der Waals surface area contributed by atoms with Crippen molar-refractivity contribution in [1.82, 2.24) is 0 Å². The molecule has 50 heavy (non-hydrogen) atoms. The molecule has 0 saturated carbocycles. The monoisotopic (exact) mass is 643 g/mol. The first-order valence-corrected chi connectivity index (χ1v) is 17.6. The second-order valence-electron chi connectivity index (χ2n) is 14.9. The molecule has 0 amide bonds. The summed E-state index contributed by atoms with van der Waals surface area (Å²) in [6.45, 7) is 9.40. The topological polar surface area (TPSA) is 16.4 Å². The molecule has 1 heterocycles. The van der Waals surface area contributed by atoms with Gasteiger partial charge in [0.1, 0.15) is 11.2 Å². The van der Waals surface area contributed by atoms with Crippen molar-refractivity contribution in [3.05, 3.63) is 174 Å². The van der Waals surface area contributed by atoms with Crippen LogP contribution in [-0.4, -0.2) is 0 Å². The van der Waals surface area contributed by atoms with Crippen molar-refractivity contribution in [2.75, 3.05) is 4.90 Å². The van der Waals surface area contributed by atoms with Gasteiger partial charge in [0, 0.05) is 44.1 Å². The fourth-order valence-corrected chi connectivity index (χ4v) is 8.96. The highest BCUT2D eigenvalue weighted by Crippen LogP contribution is 2.55. The predicted molar refractivity (Wildman–Crippen MR) is 209 cm³/mol. The van der Waals surface area contributed by atoms with Crippen LogP contribution < -0.4 is 4.90 Å². The molecule has 2 aliphatic rings. The second-order valence-corrected chi connectivity index (χ2v) is 14.9. The van der Waals surface area contributed by atoms with Crippen molar-refractivity contribution < 1.29 is 4.42 Å². The van der Waals surface area contributed by atoms with E-state index in [-0.39, 0.29) is 10.8 Å². The van der Waals surface area contributed by atoms with Gasteiger partial charge in [-0.05, 0) is 80.9 Å². The van der Waals surface area contributed by atoms with Gasteiger partial charge in [0.2, 0.25) is 0 Å². The number of furan rings is 1. The molecule has 2 nitrogen and oxygen atoms in total. The SMILES string of the molecule is CC1(C)c2ccccc2-c2cc(N(c3ccc(-c4cccc5c4oc4ccccc45)cc3)c3cccc4c3-c3ccccc3C4(C)C)ccc21. The maximum atomic E-state index is 6.44. The molecule has 2 heteroatoms. The molecule has 0 saturated heterocycles. The third kappa shape index (κ3) is 3.96. The first-order chi connectivity index (χ1) is 24.3. The molecular formula is C48H37NO. The van der Waals surface area contributed by atoms with Gasteiger partial charge in [-0.25, -0.2) is 0 Å². The van der Waals surface area contributed by atoms with E-state index in [1.807, 2.05) is 12.1 Å². The fourth-order valence-electron chi connectivity index (χ4n) is 8.96. The van der Waals surface area contributed by atoms with E-state index in [0.29, 0.717) is 0 Å². The van der Waals surface area contributed by atoms with Gasteiger partial charge in [-0.2, -0.15) is 0 Å². The fraction of sp³-hybridized carbons (Fsp3) is 0.125. The molecule has 8 aromatic rings. The van der Waals surface area contributed by atoms with E-state index in [2.05, 4.69) is 172 Å². The van der Waals surface area contributed by atoms with Crippen LogP contribution in [0, 0.1) is 0 Å². The number of para-hydroxylation sites is 2. The number of hydrogen-bond acceptors (Lipinski definition) is 2. The van der Waals surface area contributed by atoms with Crippen molar-refractivity contribution in [2.45, 2.75) is 38.5 Å². The van der Waals surface area contributed by atoms with E-state index < -0.39 is 0 Å². The maximum absolute atomic E-state index is 6.44. The number of anilines is 3. The Labute approximate surface area is 293 Å². The quantitative estimate of drug-likeness (QED) is 0.190. The lowest BCUT2D eigenvalue weighted by molar-refractivity contribution is 0.660. The van der Waals surface area contributed by atoms with Gasteiger partial charge >= 0.3 is 0 Å². The maximum Gasteiger partial charge on any atom is 0.143 e. The van der Waals surface area contributed by atoms with Crippen LogP contribution >= 0.6 is 0 Å². The van der Waals surface area contributed by atoms with Crippen molar-refractivity contribution in [1.29, 1.82) is 0 Å². The predicted octanol–water partition coefficient (Wildman–Crippen LogP) is 13.3. The van der Waals surface area contributed by atoms with Crippen molar-refractivity contribution in [2.24, 2.45) is 0 Å². The van der Waals surface area contributed by atoms with E-state index in [4.69, 9.17) is 4.42 Å². The minimum Gasteiger partial charge on any atom is -0.455 e. The number of benzene rings is 7. The molecule has 0 aliphatic heterocycles. The Hall–Kier alpha value is -5.86. The lowest BCUT2D eigenvalue weighted by atomic mass is 9.82. The van der Waals surface area contributed by atoms with Crippen molar-refractivity contribution in [3.8, 4) is 33.4 Å². The van der Waals surface area contributed by atoms with Crippen LogP contribution in [0.4, 0.5) is 17.1 Å². The highest BCUT2D eigenvalue weighted by atomic mass is 16.3. The first kappa shape index (κ1) is 29.1. The molecule has 0 bridgehead atoms. The Morgan fingerprint density at radius 1 is 0.440 bits per heavy atom. The Morgan fingerprint density at radius 2 is 1.02 bits per heavy atom. The minimum atomic E-state index is -0.0936. The Bertz CT molecular complexity index is 2650. The van der Waals surface area contributed by atoms with Gasteiger partial charge in [-0.15, -0.1) is 0 Å². The standard InChI is InChI=1S/C48H37NO/c1-47(2)39-18-8-5-13-34(39)38-29-32(27-28-41(38)47)49(43-21-12-20-42-45(43)37-15-6-9-19-40(37)48(42,3)4)31-25-23-30(24-26-31)33-16-11-17-36-35-14-7-10-22-44(35)50-46(33)36/h5-29H,1-4H3. The largest absolute Gasteiger partial charge is 0.455 e. The molecule has 0 fully saturated rings. The van der Waals surface area contributed by atoms with Crippen LogP contribution in [0.5, 0.6) is 0 Å². The Kier molecular flexibility index (Phi) is 6.01. The van der Waals surface area contributed by atoms with Crippen molar-refractivity contribution in [3.63, 3.8) is 0 Å². The first-order valence-electron chi connectivity index (χ1n) is 17.6. The lowest BCUT2D eigenvalue weighted by Crippen LogP contribution is -2.16. The molecule has 7 aromatic carbocycles. The summed E-state index contributed by atoms with van der Waals surface area (Å²) in [5, 5.41) is 2.29. The number of rotatable bonds is 4. The summed E-state index contributed by atoms with van der Waals surface area (Å²) in [5.41, 5.74) is 18.2. The van der Waals surface area contributed by atoms with E-state index in [0.717, 1.165) is 44.4 Å². The smallest absolute Gasteiger partial charge is 0.143 e. The second kappa shape index (κ2) is 10.3. The zero-order valence-corrected chi connectivity index (χ0v) is 28.8. The van der Waals surface area contributed by atoms with Gasteiger partial charge in [-0.1, -0.05) is 143 Å². The van der Waals surface area contributed by atoms with Crippen LogP contribution in [0.2, 0.25) is 0 Å². The summed E-state index contributed by atoms with van der Waals surface area (Å²) < 4.78 is 6.44. The van der Waals surface area contributed by atoms with Gasteiger partial charge in [-0.3, -0.25) is 0 Å². The highest BCUT2D eigenvalue weighted by molar-refractivity contribution is 6.09. The van der Waals surface area contributed by atoms with Gasteiger partial charge in [0.15, 0.2) is 0 Å². The van der Waals surface area contributed by atoms with Gasteiger partial charge in [0.05, 0.1) is 5.69 Å². The van der Waals surface area contributed by atoms with Crippen LogP contribution in [0.3, 0.4) is 0 Å². The summed E-state index contributed by atoms with van der Waals surface area (Å²) in [7, 11) is 0. The van der Waals surface area contributed by atoms with Gasteiger partial charge in [0.25, 0.3) is 0 Å². The zero-order chi connectivity index (χ0) is 33.8. The Balaban J connectivity index is 1.18. The van der Waals surface area contributed by atoms with E-state index in [1.54, 1.807) is 0 Å². The van der Waals surface area contributed by atoms with E-state index >= 15 is 0 Å². The number of fused-ring (bicyclic) bond motifs is 9. The van der Waals surface area contributed by atoms with Crippen LogP contribution in [0.25, 0.3) is 55.3 Å². The van der Waals surface area contributed by atoms with E-state index in [9.17, 15) is 0 Å². The average Bonchev–Trinajstić information content (AvgIpc) is 3.72. The lowest BCUT2D eigenvalue weighted by Gasteiger charge is -2.30. The van der Waals surface area contributed by atoms with Crippen LogP contribution in [0.15, 0.2) is 156 Å². The summed E-state index contributed by atoms with van der Waals surface area (Å²) in [6, 6.07) is 55.6. The highest BCUT2D eigenvalue weighted by Gasteiger charge is 2.39. The van der Waals surface area contributed by atoms with E-state index in [1.165, 1.54) is 50.2 Å². The molecule has 0 N–H and O–H groups in total. The molecule has 2 aliphatic carbocycles. The van der Waals surface area contributed by atoms with Crippen LogP contribution in [0.1, 0.15) is 49.9 Å². The summed E-state index contributed by atoms with van der Waals surface area (Å²) in [4.78, 5) is 2.47. The van der Waals surface area contributed by atoms with Crippen LogP contribution in [-0.2, 0) is 10.8 Å². The van der Waals surface area contributed by atoms with Gasteiger partial charge < -0.3 is 9.32 Å². The third-order valence-electron chi connectivity index (χ3n) is 11.5. The molecule has 0 unspecified atom stereocenters. The number of hydrogen-bond donors (Lipinski definition) is 0. The zero-order valence-electron chi connectivity index (χ0n) is 28.8. The normalized spacial score (nSPS) is 14.7. The Morgan fingerprint density at radius 3 is 1.84 bits per heavy atom. The molecular weight excluding hydrogens is 607 g/mol. The molecule has 1 aromatic heterocycles. The molecule has 0 atom stereocenters. The van der Waals surface area contributed by atoms with Crippen molar-refractivity contribution >= 4 is 39.0 Å². The summed E-state index contributed by atoms with van der Waals surface area (Å²) in [6.07, 6.45) is 0.